The van der Waals surface area contributed by atoms with Crippen LogP contribution < -0.4 is 0 Å². The summed E-state index contributed by atoms with van der Waals surface area (Å²) in [7, 11) is 0. The molecule has 1 fully saturated rings. The van der Waals surface area contributed by atoms with E-state index in [9.17, 15) is 15.0 Å². The minimum absolute atomic E-state index is 0. The minimum atomic E-state index is -0.506. The van der Waals surface area contributed by atoms with Crippen molar-refractivity contribution in [3.63, 3.8) is 0 Å². The van der Waals surface area contributed by atoms with E-state index in [2.05, 4.69) is 18.3 Å². The van der Waals surface area contributed by atoms with Gasteiger partial charge in [0.25, 0.3) is 0 Å². The molecule has 3 aromatic rings. The molecule has 0 saturated carbocycles. The smallest absolute Gasteiger partial charge is 0.410 e. The number of amides is 1. The maximum absolute atomic E-state index is 12.5. The molecule has 0 radical (unpaired) electrons. The highest BCUT2D eigenvalue weighted by molar-refractivity contribution is 5.98. The summed E-state index contributed by atoms with van der Waals surface area (Å²) >= 11 is 0. The van der Waals surface area contributed by atoms with Gasteiger partial charge in [-0.15, -0.1) is 12.4 Å². The highest BCUT2D eigenvalue weighted by Gasteiger charge is 2.28. The molecular formula is C30H38ClN3O4. The summed E-state index contributed by atoms with van der Waals surface area (Å²) < 4.78 is 7.55. The van der Waals surface area contributed by atoms with Gasteiger partial charge in [-0.1, -0.05) is 42.5 Å². The Bertz CT molecular complexity index is 1210. The number of aliphatic hydroxyl groups excluding tert-OH is 1. The number of piperidine rings is 1. The van der Waals surface area contributed by atoms with Crippen LogP contribution in [0.25, 0.3) is 11.1 Å². The summed E-state index contributed by atoms with van der Waals surface area (Å²) in [5, 5.41) is 24.2. The lowest BCUT2D eigenvalue weighted by Crippen LogP contribution is -2.42. The zero-order valence-electron chi connectivity index (χ0n) is 22.3. The first kappa shape index (κ1) is 29.3. The highest BCUT2D eigenvalue weighted by Crippen LogP contribution is 2.36. The maximum atomic E-state index is 12.5. The topological polar surface area (TPSA) is 87.8 Å². The number of carbonyl (C=O) groups is 1. The number of aromatic nitrogens is 2. The molecule has 4 rings (SSSR count). The van der Waals surface area contributed by atoms with Crippen molar-refractivity contribution in [2.45, 2.75) is 58.1 Å². The van der Waals surface area contributed by atoms with Crippen LogP contribution in [-0.2, 0) is 4.74 Å². The quantitative estimate of drug-likeness (QED) is 0.343. The third kappa shape index (κ3) is 7.39. The monoisotopic (exact) mass is 539 g/mol. The van der Waals surface area contributed by atoms with E-state index in [0.29, 0.717) is 25.9 Å². The molecule has 7 nitrogen and oxygen atoms in total. The molecule has 0 atom stereocenters. The van der Waals surface area contributed by atoms with Gasteiger partial charge in [-0.25, -0.2) is 4.79 Å². The molecule has 1 aromatic heterocycles. The van der Waals surface area contributed by atoms with E-state index in [0.717, 1.165) is 40.7 Å². The van der Waals surface area contributed by atoms with Crippen LogP contribution in [-0.4, -0.2) is 56.3 Å². The fourth-order valence-electron chi connectivity index (χ4n) is 4.76. The number of phenolic OH excluding ortho intramolecular Hbond substituents is 1. The fraction of sp³-hybridized carbons (Fsp3) is 0.400. The minimum Gasteiger partial charge on any atom is -0.508 e. The van der Waals surface area contributed by atoms with Crippen molar-refractivity contribution in [1.82, 2.24) is 14.7 Å². The number of phenols is 1. The van der Waals surface area contributed by atoms with Gasteiger partial charge < -0.3 is 19.8 Å². The van der Waals surface area contributed by atoms with E-state index in [1.165, 1.54) is 0 Å². The summed E-state index contributed by atoms with van der Waals surface area (Å²) in [5.74, 6) is 0.215. The van der Waals surface area contributed by atoms with Crippen LogP contribution in [0.1, 0.15) is 69.2 Å². The van der Waals surface area contributed by atoms with E-state index in [1.54, 1.807) is 17.0 Å². The molecule has 2 heterocycles. The number of allylic oxidation sites excluding steroid dienone is 1. The zero-order valence-corrected chi connectivity index (χ0v) is 23.2. The van der Waals surface area contributed by atoms with Crippen molar-refractivity contribution in [3.05, 3.63) is 83.7 Å². The van der Waals surface area contributed by atoms with E-state index in [4.69, 9.17) is 9.84 Å². The lowest BCUT2D eigenvalue weighted by Gasteiger charge is -2.33. The van der Waals surface area contributed by atoms with E-state index < -0.39 is 5.60 Å². The first-order valence-electron chi connectivity index (χ1n) is 13.0. The Morgan fingerprint density at radius 1 is 1.00 bits per heavy atom. The van der Waals surface area contributed by atoms with E-state index >= 15 is 0 Å². The average molecular weight is 540 g/mol. The molecule has 1 amide bonds. The van der Waals surface area contributed by atoms with Crippen LogP contribution >= 0.6 is 12.4 Å². The van der Waals surface area contributed by atoms with Gasteiger partial charge >= 0.3 is 6.09 Å². The van der Waals surface area contributed by atoms with Crippen molar-refractivity contribution in [2.24, 2.45) is 0 Å². The summed E-state index contributed by atoms with van der Waals surface area (Å²) in [5.41, 5.74) is 4.72. The Hall–Kier alpha value is -3.29. The maximum Gasteiger partial charge on any atom is 0.410 e. The Balaban J connectivity index is 0.00000400. The largest absolute Gasteiger partial charge is 0.508 e. The number of hydrogen-bond donors (Lipinski definition) is 2. The molecule has 1 saturated heterocycles. The molecule has 0 unspecified atom stereocenters. The zero-order chi connectivity index (χ0) is 26.4. The van der Waals surface area contributed by atoms with Gasteiger partial charge in [-0.05, 0) is 80.9 Å². The van der Waals surface area contributed by atoms with Crippen LogP contribution in [0.5, 0.6) is 5.75 Å². The number of halogens is 1. The molecule has 2 N–H and O–H groups in total. The molecular weight excluding hydrogens is 502 g/mol. The number of aliphatic hydroxyl groups is 1. The Morgan fingerprint density at radius 3 is 2.26 bits per heavy atom. The molecule has 0 aliphatic carbocycles. The fourth-order valence-corrected chi connectivity index (χ4v) is 4.76. The number of hydrogen-bond acceptors (Lipinski definition) is 5. The predicted molar refractivity (Wildman–Crippen MR) is 152 cm³/mol. The van der Waals surface area contributed by atoms with Crippen molar-refractivity contribution in [3.8, 4) is 5.75 Å². The standard InChI is InChI=1S/C30H37N3O4.ClH/c1-30(2,3)37-29(36)32-17-15-25(16-18-32)33-21-24(20-31-33)28(23-11-13-26(35)14-12-23)27(10-7-19-34)22-8-5-4-6-9-22;/h4-6,8-9,11-14,20-21,25,34-35H,7,10,15-19H2,1-3H3;1H/b28-27-;. The third-order valence-electron chi connectivity index (χ3n) is 6.55. The molecule has 2 aromatic carbocycles. The lowest BCUT2D eigenvalue weighted by molar-refractivity contribution is 0.0184. The summed E-state index contributed by atoms with van der Waals surface area (Å²) in [6.45, 7) is 7.00. The second-order valence-electron chi connectivity index (χ2n) is 10.5. The molecule has 1 aliphatic heterocycles. The van der Waals surface area contributed by atoms with Crippen molar-refractivity contribution in [2.75, 3.05) is 19.7 Å². The van der Waals surface area contributed by atoms with Gasteiger partial charge in [0, 0.05) is 31.5 Å². The highest BCUT2D eigenvalue weighted by atomic mass is 35.5. The number of ether oxygens (including phenoxy) is 1. The SMILES string of the molecule is CC(C)(C)OC(=O)N1CCC(n2cc(/C(=C(/CCCO)c3ccccc3)c3ccc(O)cc3)cn2)CC1.Cl. The second-order valence-corrected chi connectivity index (χ2v) is 10.5. The number of aromatic hydroxyl groups is 1. The summed E-state index contributed by atoms with van der Waals surface area (Å²) in [6, 6.07) is 17.6. The number of benzene rings is 2. The lowest BCUT2D eigenvalue weighted by atomic mass is 9.88. The van der Waals surface area contributed by atoms with Gasteiger partial charge in [-0.3, -0.25) is 4.68 Å². The van der Waals surface area contributed by atoms with Gasteiger partial charge in [0.05, 0.1) is 12.2 Å². The van der Waals surface area contributed by atoms with Crippen LogP contribution in [0.4, 0.5) is 4.79 Å². The Kier molecular flexibility index (Phi) is 10.00. The van der Waals surface area contributed by atoms with Gasteiger partial charge in [-0.2, -0.15) is 5.10 Å². The van der Waals surface area contributed by atoms with Crippen molar-refractivity contribution < 1.29 is 19.7 Å². The average Bonchev–Trinajstić information content (AvgIpc) is 3.37. The summed E-state index contributed by atoms with van der Waals surface area (Å²) in [4.78, 5) is 14.2. The van der Waals surface area contributed by atoms with E-state index in [-0.39, 0.29) is 36.9 Å². The normalized spacial score (nSPS) is 15.0. The van der Waals surface area contributed by atoms with Crippen molar-refractivity contribution >= 4 is 29.6 Å². The number of likely N-dealkylation sites (tertiary alicyclic amines) is 1. The Labute approximate surface area is 231 Å². The van der Waals surface area contributed by atoms with E-state index in [1.807, 2.05) is 62.0 Å². The molecule has 8 heteroatoms. The number of nitrogens with zero attached hydrogens (tertiary/aromatic N) is 3. The number of rotatable bonds is 7. The second kappa shape index (κ2) is 13.0. The Morgan fingerprint density at radius 2 is 1.66 bits per heavy atom. The van der Waals surface area contributed by atoms with Crippen LogP contribution in [0.2, 0.25) is 0 Å². The van der Waals surface area contributed by atoms with Crippen LogP contribution in [0.15, 0.2) is 67.0 Å². The van der Waals surface area contributed by atoms with Crippen LogP contribution in [0, 0.1) is 0 Å². The summed E-state index contributed by atoms with van der Waals surface area (Å²) in [6.07, 6.45) is 6.66. The molecule has 204 valence electrons. The predicted octanol–water partition coefficient (Wildman–Crippen LogP) is 6.31. The molecule has 1 aliphatic rings. The molecule has 38 heavy (non-hydrogen) atoms. The van der Waals surface area contributed by atoms with Crippen molar-refractivity contribution in [1.29, 1.82) is 0 Å². The first-order chi connectivity index (χ1) is 17.7. The third-order valence-corrected chi connectivity index (χ3v) is 6.55. The van der Waals surface area contributed by atoms with Gasteiger partial charge in [0.2, 0.25) is 0 Å². The molecule has 0 spiro atoms. The number of carbonyl (C=O) groups excluding carboxylic acids is 1. The van der Waals surface area contributed by atoms with Gasteiger partial charge in [0.15, 0.2) is 0 Å². The van der Waals surface area contributed by atoms with Gasteiger partial charge in [0.1, 0.15) is 11.4 Å². The molecule has 0 bridgehead atoms. The van der Waals surface area contributed by atoms with Crippen LogP contribution in [0.3, 0.4) is 0 Å². The first-order valence-corrected chi connectivity index (χ1v) is 13.0.